The van der Waals surface area contributed by atoms with Crippen molar-refractivity contribution in [2.45, 2.75) is 20.8 Å². The van der Waals surface area contributed by atoms with Crippen LogP contribution < -0.4 is 11.0 Å². The average Bonchev–Trinajstić information content (AvgIpc) is 3.25. The van der Waals surface area contributed by atoms with Crippen LogP contribution >= 0.6 is 11.6 Å². The Kier molecular flexibility index (Phi) is 4.74. The van der Waals surface area contributed by atoms with Crippen molar-refractivity contribution in [1.82, 2.24) is 24.3 Å². The first kappa shape index (κ1) is 20.3. The lowest BCUT2D eigenvalue weighted by Gasteiger charge is -2.10. The van der Waals surface area contributed by atoms with Crippen molar-refractivity contribution in [2.24, 2.45) is 7.05 Å². The Labute approximate surface area is 188 Å². The van der Waals surface area contributed by atoms with Crippen LogP contribution in [0.4, 0.5) is 5.69 Å². The number of anilines is 1. The molecule has 0 radical (unpaired) electrons. The van der Waals surface area contributed by atoms with E-state index >= 15 is 0 Å². The van der Waals surface area contributed by atoms with Gasteiger partial charge in [0.05, 0.1) is 28.4 Å². The highest BCUT2D eigenvalue weighted by Gasteiger charge is 2.21. The lowest BCUT2D eigenvalue weighted by molar-refractivity contribution is 0.393. The number of nitrogens with one attached hydrogen (secondary N) is 1. The predicted molar refractivity (Wildman–Crippen MR) is 126 cm³/mol. The van der Waals surface area contributed by atoms with Gasteiger partial charge < -0.3 is 9.84 Å². The molecular formula is C23H21ClN6O2. The van der Waals surface area contributed by atoms with Crippen LogP contribution in [0.1, 0.15) is 18.4 Å². The third kappa shape index (κ3) is 2.98. The number of aromatic nitrogens is 5. The Morgan fingerprint density at radius 2 is 1.94 bits per heavy atom. The van der Waals surface area contributed by atoms with Crippen molar-refractivity contribution >= 4 is 39.2 Å². The smallest absolute Gasteiger partial charge is 0.333 e. The molecule has 0 unspecified atom stereocenters. The molecular weight excluding hydrogens is 428 g/mol. The molecule has 162 valence electrons. The number of rotatable bonds is 4. The maximum absolute atomic E-state index is 13.2. The normalized spacial score (nSPS) is 11.5. The molecule has 0 saturated heterocycles. The van der Waals surface area contributed by atoms with Gasteiger partial charge in [0.25, 0.3) is 0 Å². The van der Waals surface area contributed by atoms with Crippen LogP contribution in [0, 0.1) is 13.8 Å². The van der Waals surface area contributed by atoms with Gasteiger partial charge in [0.2, 0.25) is 0 Å². The third-order valence-corrected chi connectivity index (χ3v) is 5.94. The average molecular weight is 449 g/mol. The molecule has 0 aliphatic rings. The van der Waals surface area contributed by atoms with Crippen molar-refractivity contribution in [3.8, 4) is 16.8 Å². The lowest BCUT2D eigenvalue weighted by Crippen LogP contribution is -2.21. The minimum Gasteiger partial charge on any atom is -0.383 e. The maximum atomic E-state index is 13.2. The number of aryl methyl sites for hydroxylation is 3. The van der Waals surface area contributed by atoms with Crippen LogP contribution in [0.15, 0.2) is 46.0 Å². The molecule has 32 heavy (non-hydrogen) atoms. The van der Waals surface area contributed by atoms with Crippen molar-refractivity contribution in [2.75, 3.05) is 11.9 Å². The Bertz CT molecular complexity index is 1540. The van der Waals surface area contributed by atoms with E-state index in [0.29, 0.717) is 22.3 Å². The minimum absolute atomic E-state index is 0.184. The van der Waals surface area contributed by atoms with Gasteiger partial charge in [-0.3, -0.25) is 14.1 Å². The van der Waals surface area contributed by atoms with Gasteiger partial charge in [0.1, 0.15) is 11.4 Å². The van der Waals surface area contributed by atoms with Gasteiger partial charge in [-0.15, -0.1) is 0 Å². The summed E-state index contributed by atoms with van der Waals surface area (Å²) in [6.07, 6.45) is 3.46. The summed E-state index contributed by atoms with van der Waals surface area (Å²) in [5.74, 6) is 0.579. The van der Waals surface area contributed by atoms with Crippen molar-refractivity contribution < 1.29 is 4.52 Å². The molecule has 4 aromatic heterocycles. The van der Waals surface area contributed by atoms with Crippen LogP contribution in [0.2, 0.25) is 5.15 Å². The van der Waals surface area contributed by atoms with Crippen LogP contribution in [-0.2, 0) is 7.05 Å². The van der Waals surface area contributed by atoms with Gasteiger partial charge in [-0.1, -0.05) is 22.8 Å². The first-order valence-electron chi connectivity index (χ1n) is 10.2. The zero-order valence-corrected chi connectivity index (χ0v) is 18.9. The standard InChI is InChI=1S/C23H21ClN6O2/c1-5-25-18-9-15(10-27-22(18)24)14-6-7-17-16(8-14)21-19(11-26-17)29(4)23(31)30(21)20-12(2)28-32-13(20)3/h6-11,25H,5H2,1-4H3. The highest BCUT2D eigenvalue weighted by molar-refractivity contribution is 6.32. The molecule has 8 nitrogen and oxygen atoms in total. The largest absolute Gasteiger partial charge is 0.383 e. The molecule has 0 saturated carbocycles. The Morgan fingerprint density at radius 3 is 2.66 bits per heavy atom. The van der Waals surface area contributed by atoms with E-state index in [1.54, 1.807) is 35.5 Å². The van der Waals surface area contributed by atoms with Crippen molar-refractivity contribution in [1.29, 1.82) is 0 Å². The monoisotopic (exact) mass is 448 g/mol. The number of pyridine rings is 2. The van der Waals surface area contributed by atoms with E-state index in [4.69, 9.17) is 16.1 Å². The summed E-state index contributed by atoms with van der Waals surface area (Å²) in [6, 6.07) is 7.93. The molecule has 5 rings (SSSR count). The van der Waals surface area contributed by atoms with Crippen molar-refractivity contribution in [3.63, 3.8) is 0 Å². The zero-order chi connectivity index (χ0) is 22.6. The van der Waals surface area contributed by atoms with E-state index in [0.717, 1.165) is 45.3 Å². The van der Waals surface area contributed by atoms with E-state index in [9.17, 15) is 4.79 Å². The van der Waals surface area contributed by atoms with Crippen molar-refractivity contribution in [3.05, 3.63) is 63.8 Å². The van der Waals surface area contributed by atoms with E-state index < -0.39 is 0 Å². The molecule has 0 fully saturated rings. The molecule has 0 aliphatic heterocycles. The van der Waals surface area contributed by atoms with Gasteiger partial charge in [-0.2, -0.15) is 0 Å². The van der Waals surface area contributed by atoms with E-state index in [2.05, 4.69) is 20.4 Å². The van der Waals surface area contributed by atoms with Gasteiger partial charge in [-0.05, 0) is 44.5 Å². The number of halogens is 1. The number of benzene rings is 1. The van der Waals surface area contributed by atoms with Gasteiger partial charge in [0.15, 0.2) is 10.9 Å². The molecule has 9 heteroatoms. The highest BCUT2D eigenvalue weighted by atomic mass is 35.5. The van der Waals surface area contributed by atoms with Crippen LogP contribution in [0.5, 0.6) is 0 Å². The molecule has 0 spiro atoms. The van der Waals surface area contributed by atoms with Crippen LogP contribution in [0.3, 0.4) is 0 Å². The zero-order valence-electron chi connectivity index (χ0n) is 18.1. The fraction of sp³-hybridized carbons (Fsp3) is 0.217. The number of hydrogen-bond acceptors (Lipinski definition) is 6. The topological polar surface area (TPSA) is 90.8 Å². The number of fused-ring (bicyclic) bond motifs is 3. The second-order valence-electron chi connectivity index (χ2n) is 7.67. The molecule has 0 atom stereocenters. The van der Waals surface area contributed by atoms with Gasteiger partial charge >= 0.3 is 5.69 Å². The summed E-state index contributed by atoms with van der Waals surface area (Å²) in [6.45, 7) is 6.37. The first-order chi connectivity index (χ1) is 15.4. The second-order valence-corrected chi connectivity index (χ2v) is 8.02. The molecule has 4 heterocycles. The predicted octanol–water partition coefficient (Wildman–Crippen LogP) is 4.63. The molecule has 0 amide bonds. The lowest BCUT2D eigenvalue weighted by atomic mass is 10.0. The van der Waals surface area contributed by atoms with Crippen LogP contribution in [-0.4, -0.2) is 30.8 Å². The maximum Gasteiger partial charge on any atom is 0.333 e. The number of nitrogens with zero attached hydrogens (tertiary/aromatic N) is 5. The molecule has 1 N–H and O–H groups in total. The summed E-state index contributed by atoms with van der Waals surface area (Å²) in [4.78, 5) is 22.1. The van der Waals surface area contributed by atoms with E-state index in [-0.39, 0.29) is 5.69 Å². The fourth-order valence-corrected chi connectivity index (χ4v) is 4.27. The SMILES string of the molecule is CCNc1cc(-c2ccc3ncc4c(c3c2)n(-c2c(C)noc2C)c(=O)n4C)cnc1Cl. The van der Waals surface area contributed by atoms with E-state index in [1.165, 1.54) is 0 Å². The Balaban J connectivity index is 1.84. The van der Waals surface area contributed by atoms with Crippen LogP contribution in [0.25, 0.3) is 38.8 Å². The summed E-state index contributed by atoms with van der Waals surface area (Å²) in [7, 11) is 1.74. The third-order valence-electron chi connectivity index (χ3n) is 5.64. The molecule has 0 aliphatic carbocycles. The Morgan fingerprint density at radius 1 is 1.12 bits per heavy atom. The quantitative estimate of drug-likeness (QED) is 0.403. The van der Waals surface area contributed by atoms with Gasteiger partial charge in [-0.25, -0.2) is 9.78 Å². The Hall–Kier alpha value is -3.65. The highest BCUT2D eigenvalue weighted by Crippen LogP contribution is 2.32. The summed E-state index contributed by atoms with van der Waals surface area (Å²) >= 11 is 6.22. The first-order valence-corrected chi connectivity index (χ1v) is 10.6. The molecule has 0 bridgehead atoms. The van der Waals surface area contributed by atoms with E-state index in [1.807, 2.05) is 38.1 Å². The fourth-order valence-electron chi connectivity index (χ4n) is 4.10. The minimum atomic E-state index is -0.184. The second kappa shape index (κ2) is 7.49. The number of hydrogen-bond donors (Lipinski definition) is 1. The van der Waals surface area contributed by atoms with Gasteiger partial charge in [0, 0.05) is 30.7 Å². The molecule has 1 aromatic carbocycles. The summed E-state index contributed by atoms with van der Waals surface area (Å²) < 4.78 is 8.60. The molecule has 5 aromatic rings. The summed E-state index contributed by atoms with van der Waals surface area (Å²) in [5, 5.41) is 8.55. The summed E-state index contributed by atoms with van der Waals surface area (Å²) in [5.41, 5.74) is 6.00. The number of imidazole rings is 1.